The van der Waals surface area contributed by atoms with E-state index in [1.165, 1.54) is 6.26 Å². The lowest BCUT2D eigenvalue weighted by Gasteiger charge is -2.13. The third-order valence-electron chi connectivity index (χ3n) is 3.18. The molecule has 0 spiro atoms. The van der Waals surface area contributed by atoms with E-state index in [0.717, 1.165) is 5.56 Å². The van der Waals surface area contributed by atoms with Crippen molar-refractivity contribution in [3.05, 3.63) is 41.5 Å². The molecular weight excluding hydrogens is 290 g/mol. The Morgan fingerprint density at radius 2 is 1.95 bits per heavy atom. The molecule has 0 aliphatic heterocycles. The van der Waals surface area contributed by atoms with Gasteiger partial charge in [-0.15, -0.1) is 0 Å². The summed E-state index contributed by atoms with van der Waals surface area (Å²) >= 11 is 0. The van der Waals surface area contributed by atoms with Crippen LogP contribution in [0.1, 0.15) is 30.2 Å². The largest absolute Gasteiger partial charge is 0.340 e. The van der Waals surface area contributed by atoms with Gasteiger partial charge in [0.15, 0.2) is 15.7 Å². The molecule has 1 aromatic carbocycles. The Bertz CT molecular complexity index is 693. The predicted molar refractivity (Wildman–Crippen MR) is 78.7 cm³/mol. The van der Waals surface area contributed by atoms with Crippen LogP contribution in [0.25, 0.3) is 0 Å². The van der Waals surface area contributed by atoms with Crippen LogP contribution < -0.4 is 5.32 Å². The second-order valence-corrected chi connectivity index (χ2v) is 7.01. The first-order valence-electron chi connectivity index (χ1n) is 6.69. The highest BCUT2D eigenvalue weighted by Crippen LogP contribution is 2.16. The first kappa shape index (κ1) is 15.7. The quantitative estimate of drug-likeness (QED) is 0.874. The van der Waals surface area contributed by atoms with E-state index >= 15 is 0 Å². The summed E-state index contributed by atoms with van der Waals surface area (Å²) in [5, 5.41) is 7.17. The van der Waals surface area contributed by atoms with Crippen LogP contribution in [0.2, 0.25) is 0 Å². The summed E-state index contributed by atoms with van der Waals surface area (Å²) in [5.74, 6) is 1.24. The van der Waals surface area contributed by atoms with Crippen molar-refractivity contribution in [2.24, 2.45) is 0 Å². The highest BCUT2D eigenvalue weighted by atomic mass is 32.2. The van der Waals surface area contributed by atoms with E-state index in [1.54, 1.807) is 19.1 Å². The molecule has 0 fully saturated rings. The lowest BCUT2D eigenvalue weighted by Crippen LogP contribution is -2.21. The van der Waals surface area contributed by atoms with E-state index in [4.69, 9.17) is 4.52 Å². The summed E-state index contributed by atoms with van der Waals surface area (Å²) in [6.45, 7) is 4.50. The second-order valence-electron chi connectivity index (χ2n) is 5.00. The summed E-state index contributed by atoms with van der Waals surface area (Å²) in [5.41, 5.74) is 1.03. The van der Waals surface area contributed by atoms with Crippen molar-refractivity contribution in [3.63, 3.8) is 0 Å². The number of nitrogens with zero attached hydrogens (tertiary/aromatic N) is 2. The molecule has 0 saturated carbocycles. The molecule has 6 nitrogen and oxygen atoms in total. The molecule has 1 unspecified atom stereocenters. The minimum atomic E-state index is -3.14. The number of aromatic nitrogens is 2. The first-order valence-corrected chi connectivity index (χ1v) is 8.58. The van der Waals surface area contributed by atoms with Gasteiger partial charge in [-0.05, 0) is 24.6 Å². The first-order chi connectivity index (χ1) is 9.86. The summed E-state index contributed by atoms with van der Waals surface area (Å²) < 4.78 is 27.7. The van der Waals surface area contributed by atoms with E-state index in [2.05, 4.69) is 15.5 Å². The highest BCUT2D eigenvalue weighted by molar-refractivity contribution is 7.90. The van der Waals surface area contributed by atoms with Gasteiger partial charge in [0, 0.05) is 32.2 Å². The van der Waals surface area contributed by atoms with Gasteiger partial charge in [-0.1, -0.05) is 17.3 Å². The molecule has 2 rings (SSSR count). The van der Waals surface area contributed by atoms with Gasteiger partial charge in [0.25, 0.3) is 0 Å². The summed E-state index contributed by atoms with van der Waals surface area (Å²) in [7, 11) is -3.14. The van der Waals surface area contributed by atoms with Crippen molar-refractivity contribution in [1.82, 2.24) is 15.5 Å². The van der Waals surface area contributed by atoms with E-state index in [0.29, 0.717) is 29.6 Å². The molecule has 0 aliphatic rings. The maximum atomic E-state index is 11.4. The number of nitrogens with one attached hydrogen (secondary N) is 1. The number of aryl methyl sites for hydroxylation is 1. The summed E-state index contributed by atoms with van der Waals surface area (Å²) in [6, 6.07) is 7.03. The fraction of sp³-hybridized carbons (Fsp3) is 0.429. The Balaban J connectivity index is 1.89. The summed E-state index contributed by atoms with van der Waals surface area (Å²) in [6.07, 6.45) is 1.89. The van der Waals surface area contributed by atoms with Crippen LogP contribution in [0.15, 0.2) is 33.7 Å². The average Bonchev–Trinajstić information content (AvgIpc) is 2.83. The zero-order valence-electron chi connectivity index (χ0n) is 12.3. The number of rotatable bonds is 6. The van der Waals surface area contributed by atoms with Crippen molar-refractivity contribution in [1.29, 1.82) is 0 Å². The molecule has 1 aromatic heterocycles. The standard InChI is InChI=1S/C14H19N3O3S/c1-10(15-9-8-14-16-11(2)20-17-14)12-4-6-13(7-5-12)21(3,18)19/h4-7,10,15H,8-9H2,1-3H3. The minimum absolute atomic E-state index is 0.117. The van der Waals surface area contributed by atoms with Gasteiger partial charge in [-0.25, -0.2) is 8.42 Å². The smallest absolute Gasteiger partial charge is 0.223 e. The van der Waals surface area contributed by atoms with Gasteiger partial charge < -0.3 is 9.84 Å². The molecule has 1 N–H and O–H groups in total. The fourth-order valence-electron chi connectivity index (χ4n) is 1.96. The predicted octanol–water partition coefficient (Wildman–Crippen LogP) is 1.67. The molecule has 0 bridgehead atoms. The Kier molecular flexibility index (Phi) is 4.74. The van der Waals surface area contributed by atoms with Gasteiger partial charge in [-0.2, -0.15) is 4.98 Å². The highest BCUT2D eigenvalue weighted by Gasteiger charge is 2.09. The van der Waals surface area contributed by atoms with E-state index < -0.39 is 9.84 Å². The van der Waals surface area contributed by atoms with Crippen molar-refractivity contribution in [2.45, 2.75) is 31.2 Å². The number of benzene rings is 1. The third kappa shape index (κ3) is 4.37. The van der Waals surface area contributed by atoms with Crippen molar-refractivity contribution < 1.29 is 12.9 Å². The van der Waals surface area contributed by atoms with Crippen LogP contribution in [0.4, 0.5) is 0 Å². The van der Waals surface area contributed by atoms with Crippen LogP contribution in [0, 0.1) is 6.92 Å². The Morgan fingerprint density at radius 3 is 2.48 bits per heavy atom. The van der Waals surface area contributed by atoms with Crippen molar-refractivity contribution >= 4 is 9.84 Å². The molecular formula is C14H19N3O3S. The maximum Gasteiger partial charge on any atom is 0.223 e. The van der Waals surface area contributed by atoms with Gasteiger partial charge in [0.1, 0.15) is 0 Å². The Hall–Kier alpha value is -1.73. The zero-order valence-corrected chi connectivity index (χ0v) is 13.1. The maximum absolute atomic E-state index is 11.4. The SMILES string of the molecule is Cc1nc(CCNC(C)c2ccc(S(C)(=O)=O)cc2)no1. The molecule has 2 aromatic rings. The molecule has 1 atom stereocenters. The molecule has 114 valence electrons. The second kappa shape index (κ2) is 6.36. The number of hydrogen-bond donors (Lipinski definition) is 1. The topological polar surface area (TPSA) is 85.1 Å². The molecule has 1 heterocycles. The lowest BCUT2D eigenvalue weighted by molar-refractivity contribution is 0.386. The molecule has 0 saturated heterocycles. The monoisotopic (exact) mass is 309 g/mol. The molecule has 0 radical (unpaired) electrons. The van der Waals surface area contributed by atoms with Crippen LogP contribution in [0.5, 0.6) is 0 Å². The van der Waals surface area contributed by atoms with E-state index in [-0.39, 0.29) is 6.04 Å². The molecule has 7 heteroatoms. The van der Waals surface area contributed by atoms with E-state index in [9.17, 15) is 8.42 Å². The molecule has 0 amide bonds. The fourth-order valence-corrected chi connectivity index (χ4v) is 2.60. The van der Waals surface area contributed by atoms with Gasteiger partial charge in [0.05, 0.1) is 4.90 Å². The van der Waals surface area contributed by atoms with Crippen LogP contribution in [0.3, 0.4) is 0 Å². The normalized spacial score (nSPS) is 13.3. The van der Waals surface area contributed by atoms with Crippen LogP contribution >= 0.6 is 0 Å². The molecule has 0 aliphatic carbocycles. The number of hydrogen-bond acceptors (Lipinski definition) is 6. The van der Waals surface area contributed by atoms with Crippen LogP contribution in [-0.4, -0.2) is 31.4 Å². The van der Waals surface area contributed by atoms with Crippen molar-refractivity contribution in [3.8, 4) is 0 Å². The van der Waals surface area contributed by atoms with Gasteiger partial charge in [-0.3, -0.25) is 0 Å². The zero-order chi connectivity index (χ0) is 15.5. The van der Waals surface area contributed by atoms with E-state index in [1.807, 2.05) is 19.1 Å². The minimum Gasteiger partial charge on any atom is -0.340 e. The van der Waals surface area contributed by atoms with Crippen molar-refractivity contribution in [2.75, 3.05) is 12.8 Å². The summed E-state index contributed by atoms with van der Waals surface area (Å²) in [4.78, 5) is 4.47. The molecule has 21 heavy (non-hydrogen) atoms. The van der Waals surface area contributed by atoms with Gasteiger partial charge in [0.2, 0.25) is 5.89 Å². The Labute approximate surface area is 124 Å². The number of sulfone groups is 1. The third-order valence-corrected chi connectivity index (χ3v) is 4.31. The van der Waals surface area contributed by atoms with Gasteiger partial charge >= 0.3 is 0 Å². The van der Waals surface area contributed by atoms with Crippen LogP contribution in [-0.2, 0) is 16.3 Å². The Morgan fingerprint density at radius 1 is 1.29 bits per heavy atom. The average molecular weight is 309 g/mol. The lowest BCUT2D eigenvalue weighted by atomic mass is 10.1.